The highest BCUT2D eigenvalue weighted by molar-refractivity contribution is 7.86. The summed E-state index contributed by atoms with van der Waals surface area (Å²) in [7, 11) is -3.59. The summed E-state index contributed by atoms with van der Waals surface area (Å²) in [5, 5.41) is 5.11. The predicted molar refractivity (Wildman–Crippen MR) is 60.3 cm³/mol. The molecular weight excluding hydrogens is 212 g/mol. The first-order valence-electron chi connectivity index (χ1n) is 4.86. The maximum atomic E-state index is 11.2. The lowest BCUT2D eigenvalue weighted by molar-refractivity contribution is 0.406. The van der Waals surface area contributed by atoms with Crippen molar-refractivity contribution in [2.75, 3.05) is 6.54 Å². The van der Waals surface area contributed by atoms with E-state index in [1.165, 1.54) is 4.31 Å². The van der Waals surface area contributed by atoms with Crippen LogP contribution in [0.4, 0.5) is 0 Å². The zero-order chi connectivity index (χ0) is 11.3. The van der Waals surface area contributed by atoms with Crippen molar-refractivity contribution in [1.29, 1.82) is 0 Å². The smallest absolute Gasteiger partial charge is 0.216 e. The number of nitrogens with two attached hydrogens (primary N) is 1. The van der Waals surface area contributed by atoms with Crippen molar-refractivity contribution in [2.24, 2.45) is 5.14 Å². The van der Waals surface area contributed by atoms with Crippen LogP contribution >= 0.6 is 0 Å². The molecule has 0 aliphatic heterocycles. The lowest BCUT2D eigenvalue weighted by Gasteiger charge is -2.18. The summed E-state index contributed by atoms with van der Waals surface area (Å²) in [5.41, 5.74) is 0.944. The van der Waals surface area contributed by atoms with Crippen molar-refractivity contribution < 1.29 is 8.42 Å². The topological polar surface area (TPSA) is 63.4 Å². The van der Waals surface area contributed by atoms with Crippen molar-refractivity contribution in [3.8, 4) is 0 Å². The molecule has 0 amide bonds. The number of hydrogen-bond donors (Lipinski definition) is 1. The van der Waals surface area contributed by atoms with E-state index in [1.807, 2.05) is 37.3 Å². The van der Waals surface area contributed by atoms with Gasteiger partial charge in [0, 0.05) is 13.1 Å². The molecule has 1 aromatic rings. The highest BCUT2D eigenvalue weighted by Gasteiger charge is 2.15. The van der Waals surface area contributed by atoms with Crippen LogP contribution < -0.4 is 5.14 Å². The van der Waals surface area contributed by atoms with Crippen molar-refractivity contribution in [3.05, 3.63) is 35.9 Å². The van der Waals surface area contributed by atoms with E-state index < -0.39 is 10.2 Å². The Kier molecular flexibility index (Phi) is 4.26. The van der Waals surface area contributed by atoms with Crippen LogP contribution in [0.1, 0.15) is 18.9 Å². The van der Waals surface area contributed by atoms with E-state index in [1.54, 1.807) is 0 Å². The number of rotatable bonds is 5. The second kappa shape index (κ2) is 5.25. The van der Waals surface area contributed by atoms with E-state index in [0.717, 1.165) is 12.0 Å². The van der Waals surface area contributed by atoms with E-state index in [2.05, 4.69) is 0 Å². The first-order chi connectivity index (χ1) is 7.04. The van der Waals surface area contributed by atoms with E-state index in [4.69, 9.17) is 5.14 Å². The third-order valence-electron chi connectivity index (χ3n) is 2.03. The minimum atomic E-state index is -3.59. The van der Waals surface area contributed by atoms with Gasteiger partial charge in [0.15, 0.2) is 0 Å². The molecule has 15 heavy (non-hydrogen) atoms. The van der Waals surface area contributed by atoms with Crippen molar-refractivity contribution >= 4 is 10.2 Å². The molecule has 84 valence electrons. The summed E-state index contributed by atoms with van der Waals surface area (Å²) in [6.45, 7) is 2.71. The normalized spacial score (nSPS) is 11.9. The van der Waals surface area contributed by atoms with Gasteiger partial charge >= 0.3 is 0 Å². The monoisotopic (exact) mass is 228 g/mol. The Morgan fingerprint density at radius 2 is 1.87 bits per heavy atom. The Morgan fingerprint density at radius 1 is 1.27 bits per heavy atom. The maximum absolute atomic E-state index is 11.2. The standard InChI is InChI=1S/C10H16N2O2S/c1-2-8-12(15(11,13)14)9-10-6-4-3-5-7-10/h3-7H,2,8-9H2,1H3,(H2,11,13,14). The molecule has 0 aromatic heterocycles. The van der Waals surface area contributed by atoms with E-state index >= 15 is 0 Å². The Balaban J connectivity index is 2.76. The molecule has 0 atom stereocenters. The van der Waals surface area contributed by atoms with Gasteiger partial charge in [0.25, 0.3) is 10.2 Å². The van der Waals surface area contributed by atoms with Gasteiger partial charge in [-0.05, 0) is 12.0 Å². The third kappa shape index (κ3) is 3.99. The second-order valence-corrected chi connectivity index (χ2v) is 4.91. The van der Waals surface area contributed by atoms with Gasteiger partial charge in [-0.25, -0.2) is 5.14 Å². The van der Waals surface area contributed by atoms with Crippen LogP contribution in [0.3, 0.4) is 0 Å². The molecule has 1 rings (SSSR count). The maximum Gasteiger partial charge on any atom is 0.277 e. The van der Waals surface area contributed by atoms with Gasteiger partial charge in [-0.3, -0.25) is 0 Å². The fourth-order valence-electron chi connectivity index (χ4n) is 1.33. The highest BCUT2D eigenvalue weighted by atomic mass is 32.2. The van der Waals surface area contributed by atoms with Crippen LogP contribution in [0.5, 0.6) is 0 Å². The SMILES string of the molecule is CCCN(Cc1ccccc1)S(N)(=O)=O. The molecule has 2 N–H and O–H groups in total. The van der Waals surface area contributed by atoms with Gasteiger partial charge in [-0.2, -0.15) is 12.7 Å². The van der Waals surface area contributed by atoms with E-state index in [9.17, 15) is 8.42 Å². The van der Waals surface area contributed by atoms with Crippen LogP contribution in [0.2, 0.25) is 0 Å². The molecule has 0 saturated heterocycles. The van der Waals surface area contributed by atoms with Gasteiger partial charge < -0.3 is 0 Å². The molecule has 0 aliphatic rings. The lowest BCUT2D eigenvalue weighted by Crippen LogP contribution is -2.36. The van der Waals surface area contributed by atoms with Crippen LogP contribution in [0.25, 0.3) is 0 Å². The third-order valence-corrected chi connectivity index (χ3v) is 3.07. The molecule has 0 radical (unpaired) electrons. The van der Waals surface area contributed by atoms with Crippen molar-refractivity contribution in [3.63, 3.8) is 0 Å². The summed E-state index contributed by atoms with van der Waals surface area (Å²) in [4.78, 5) is 0. The van der Waals surface area contributed by atoms with Crippen LogP contribution in [-0.4, -0.2) is 19.3 Å². The average Bonchev–Trinajstić information content (AvgIpc) is 2.17. The molecule has 5 heteroatoms. The summed E-state index contributed by atoms with van der Waals surface area (Å²) in [6, 6.07) is 9.41. The molecule has 0 heterocycles. The molecular formula is C10H16N2O2S. The molecule has 0 aliphatic carbocycles. The quantitative estimate of drug-likeness (QED) is 0.820. The zero-order valence-electron chi connectivity index (χ0n) is 8.76. The molecule has 4 nitrogen and oxygen atoms in total. The lowest BCUT2D eigenvalue weighted by atomic mass is 10.2. The van der Waals surface area contributed by atoms with Crippen LogP contribution in [0.15, 0.2) is 30.3 Å². The largest absolute Gasteiger partial charge is 0.277 e. The minimum Gasteiger partial charge on any atom is -0.216 e. The zero-order valence-corrected chi connectivity index (χ0v) is 9.57. The van der Waals surface area contributed by atoms with Gasteiger partial charge in [0.05, 0.1) is 0 Å². The number of nitrogens with zero attached hydrogens (tertiary/aromatic N) is 1. The predicted octanol–water partition coefficient (Wildman–Crippen LogP) is 1.10. The second-order valence-electron chi connectivity index (χ2n) is 3.36. The average molecular weight is 228 g/mol. The molecule has 1 aromatic carbocycles. The van der Waals surface area contributed by atoms with Crippen molar-refractivity contribution in [2.45, 2.75) is 19.9 Å². The first-order valence-corrected chi connectivity index (χ1v) is 6.36. The van der Waals surface area contributed by atoms with Gasteiger partial charge in [-0.1, -0.05) is 37.3 Å². The number of hydrogen-bond acceptors (Lipinski definition) is 2. The molecule has 0 saturated carbocycles. The summed E-state index contributed by atoms with van der Waals surface area (Å²) >= 11 is 0. The molecule has 0 fully saturated rings. The van der Waals surface area contributed by atoms with Crippen LogP contribution in [0, 0.1) is 0 Å². The Hall–Kier alpha value is -0.910. The van der Waals surface area contributed by atoms with Crippen molar-refractivity contribution in [1.82, 2.24) is 4.31 Å². The fourth-order valence-corrected chi connectivity index (χ4v) is 2.10. The highest BCUT2D eigenvalue weighted by Crippen LogP contribution is 2.07. The Labute approximate surface area is 90.9 Å². The molecule has 0 bridgehead atoms. The van der Waals surface area contributed by atoms with E-state index in [0.29, 0.717) is 13.1 Å². The summed E-state index contributed by atoms with van der Waals surface area (Å²) in [5.74, 6) is 0. The molecule has 0 unspecified atom stereocenters. The van der Waals surface area contributed by atoms with Gasteiger partial charge in [0.2, 0.25) is 0 Å². The summed E-state index contributed by atoms with van der Waals surface area (Å²) in [6.07, 6.45) is 0.753. The minimum absolute atomic E-state index is 0.341. The molecule has 0 spiro atoms. The Bertz CT molecular complexity index is 389. The summed E-state index contributed by atoms with van der Waals surface area (Å²) < 4.78 is 23.7. The first kappa shape index (κ1) is 12.2. The van der Waals surface area contributed by atoms with Crippen LogP contribution in [-0.2, 0) is 16.8 Å². The fraction of sp³-hybridized carbons (Fsp3) is 0.400. The van der Waals surface area contributed by atoms with Gasteiger partial charge in [0.1, 0.15) is 0 Å². The van der Waals surface area contributed by atoms with Gasteiger partial charge in [-0.15, -0.1) is 0 Å². The van der Waals surface area contributed by atoms with E-state index in [-0.39, 0.29) is 0 Å². The Morgan fingerprint density at radius 3 is 2.33 bits per heavy atom. The number of benzene rings is 1.